The molecule has 8 nitrogen and oxygen atoms in total. The highest BCUT2D eigenvalue weighted by atomic mass is 16.5. The summed E-state index contributed by atoms with van der Waals surface area (Å²) in [7, 11) is 0. The second-order valence-electron chi connectivity index (χ2n) is 9.81. The van der Waals surface area contributed by atoms with Gasteiger partial charge in [-0.3, -0.25) is 9.59 Å². The van der Waals surface area contributed by atoms with E-state index in [1.807, 2.05) is 68.4 Å². The largest absolute Gasteiger partial charge is 0.445 e. The molecule has 0 aliphatic carbocycles. The van der Waals surface area contributed by atoms with Crippen LogP contribution in [0, 0.1) is 5.92 Å². The summed E-state index contributed by atoms with van der Waals surface area (Å²) in [6.07, 6.45) is 0.548. The predicted octanol–water partition coefficient (Wildman–Crippen LogP) is 3.20. The summed E-state index contributed by atoms with van der Waals surface area (Å²) in [4.78, 5) is 41.2. The van der Waals surface area contributed by atoms with E-state index in [2.05, 4.69) is 10.6 Å². The molecular formula is C27H33N3O5. The van der Waals surface area contributed by atoms with Crippen LogP contribution in [0.4, 0.5) is 10.5 Å². The Balaban J connectivity index is 1.52. The molecule has 4 rings (SSSR count). The minimum absolute atomic E-state index is 0.102. The molecule has 0 radical (unpaired) electrons. The first-order valence-corrected chi connectivity index (χ1v) is 12.1. The van der Waals surface area contributed by atoms with Gasteiger partial charge in [0.15, 0.2) is 0 Å². The van der Waals surface area contributed by atoms with E-state index in [0.29, 0.717) is 19.3 Å². The number of fused-ring (bicyclic) bond motifs is 2. The highest BCUT2D eigenvalue weighted by Gasteiger charge is 2.55. The third-order valence-electron chi connectivity index (χ3n) is 6.85. The van der Waals surface area contributed by atoms with Crippen LogP contribution in [0.15, 0.2) is 54.6 Å². The number of rotatable bonds is 8. The minimum Gasteiger partial charge on any atom is -0.445 e. The van der Waals surface area contributed by atoms with Gasteiger partial charge in [-0.2, -0.15) is 0 Å². The van der Waals surface area contributed by atoms with Crippen LogP contribution in [0.2, 0.25) is 0 Å². The second kappa shape index (κ2) is 10.5. The van der Waals surface area contributed by atoms with E-state index in [0.717, 1.165) is 16.8 Å². The van der Waals surface area contributed by atoms with Crippen molar-refractivity contribution in [2.75, 3.05) is 18.5 Å². The van der Waals surface area contributed by atoms with Gasteiger partial charge >= 0.3 is 6.09 Å². The van der Waals surface area contributed by atoms with Gasteiger partial charge in [-0.1, -0.05) is 62.4 Å². The van der Waals surface area contributed by atoms with Crippen molar-refractivity contribution in [3.63, 3.8) is 0 Å². The molecule has 35 heavy (non-hydrogen) atoms. The van der Waals surface area contributed by atoms with Gasteiger partial charge in [0.25, 0.3) is 0 Å². The molecular weight excluding hydrogens is 446 g/mol. The SMILES string of the molecule is CC(C)C[C@H](NC(=O)OCc1ccccc1)C(=O)N1C[C@]2(C[C@H]1CCO)C(=O)Nc1ccccc12. The highest BCUT2D eigenvalue weighted by molar-refractivity contribution is 6.07. The molecule has 2 aromatic carbocycles. The zero-order valence-electron chi connectivity index (χ0n) is 20.2. The molecule has 0 unspecified atom stereocenters. The first-order valence-electron chi connectivity index (χ1n) is 12.1. The standard InChI is InChI=1S/C27H33N3O5/c1-18(2)14-23(29-26(34)35-16-19-8-4-3-5-9-19)24(32)30-17-27(15-20(30)12-13-31)21-10-6-7-11-22(21)28-25(27)33/h3-11,18,20,23,31H,12-17H2,1-2H3,(H,28,33)(H,29,34)/t20-,23+,27+/m1/s1. The Kier molecular flexibility index (Phi) is 7.40. The molecule has 8 heteroatoms. The topological polar surface area (TPSA) is 108 Å². The number of benzene rings is 2. The number of nitrogens with zero attached hydrogens (tertiary/aromatic N) is 1. The smallest absolute Gasteiger partial charge is 0.408 e. The third kappa shape index (κ3) is 5.17. The number of hydrogen-bond donors (Lipinski definition) is 3. The van der Waals surface area contributed by atoms with Crippen LogP contribution in [0.1, 0.15) is 44.2 Å². The van der Waals surface area contributed by atoms with E-state index in [4.69, 9.17) is 4.74 Å². The van der Waals surface area contributed by atoms with E-state index in [1.54, 1.807) is 4.90 Å². The van der Waals surface area contributed by atoms with Gasteiger partial charge in [0.1, 0.15) is 12.6 Å². The van der Waals surface area contributed by atoms with Crippen LogP contribution in [0.25, 0.3) is 0 Å². The van der Waals surface area contributed by atoms with Gasteiger partial charge in [0.05, 0.1) is 5.41 Å². The highest BCUT2D eigenvalue weighted by Crippen LogP contribution is 2.47. The summed E-state index contributed by atoms with van der Waals surface area (Å²) in [5, 5.41) is 15.4. The first-order chi connectivity index (χ1) is 16.8. The number of alkyl carbamates (subject to hydrolysis) is 1. The average molecular weight is 480 g/mol. The number of aliphatic hydroxyl groups excluding tert-OH is 1. The van der Waals surface area contributed by atoms with Gasteiger partial charge in [0, 0.05) is 24.9 Å². The third-order valence-corrected chi connectivity index (χ3v) is 6.85. The zero-order chi connectivity index (χ0) is 25.0. The van der Waals surface area contributed by atoms with Crippen molar-refractivity contribution in [3.05, 3.63) is 65.7 Å². The van der Waals surface area contributed by atoms with Gasteiger partial charge < -0.3 is 25.4 Å². The Morgan fingerprint density at radius 3 is 2.60 bits per heavy atom. The minimum atomic E-state index is -0.859. The van der Waals surface area contributed by atoms with Gasteiger partial charge in [-0.15, -0.1) is 0 Å². The second-order valence-corrected chi connectivity index (χ2v) is 9.81. The van der Waals surface area contributed by atoms with Gasteiger partial charge in [-0.25, -0.2) is 4.79 Å². The number of carbonyl (C=O) groups is 3. The predicted molar refractivity (Wildman–Crippen MR) is 132 cm³/mol. The molecule has 2 aromatic rings. The van der Waals surface area contributed by atoms with Crippen LogP contribution in [-0.4, -0.2) is 53.1 Å². The summed E-state index contributed by atoms with van der Waals surface area (Å²) in [5.41, 5.74) is 1.63. The van der Waals surface area contributed by atoms with E-state index >= 15 is 0 Å². The van der Waals surface area contributed by atoms with Crippen molar-refractivity contribution in [1.29, 1.82) is 0 Å². The Hall–Kier alpha value is -3.39. The van der Waals surface area contributed by atoms with Crippen molar-refractivity contribution in [2.24, 2.45) is 5.92 Å². The molecule has 3 atom stereocenters. The molecule has 2 aliphatic rings. The number of aliphatic hydroxyl groups is 1. The molecule has 2 heterocycles. The number of nitrogens with one attached hydrogen (secondary N) is 2. The summed E-state index contributed by atoms with van der Waals surface area (Å²) in [6, 6.07) is 15.7. The lowest BCUT2D eigenvalue weighted by atomic mass is 9.79. The average Bonchev–Trinajstić information content (AvgIpc) is 3.35. The molecule has 1 fully saturated rings. The first kappa shape index (κ1) is 24.7. The number of para-hydroxylation sites is 1. The van der Waals surface area contributed by atoms with E-state index in [1.165, 1.54) is 0 Å². The molecule has 0 saturated carbocycles. The summed E-state index contributed by atoms with van der Waals surface area (Å²) >= 11 is 0. The van der Waals surface area contributed by atoms with Crippen molar-refractivity contribution >= 4 is 23.6 Å². The lowest BCUT2D eigenvalue weighted by molar-refractivity contribution is -0.135. The maximum Gasteiger partial charge on any atom is 0.408 e. The monoisotopic (exact) mass is 479 g/mol. The molecule has 3 amide bonds. The fourth-order valence-electron chi connectivity index (χ4n) is 5.20. The Bertz CT molecular complexity index is 1070. The number of anilines is 1. The zero-order valence-corrected chi connectivity index (χ0v) is 20.2. The van der Waals surface area contributed by atoms with E-state index < -0.39 is 17.6 Å². The maximum atomic E-state index is 13.8. The van der Waals surface area contributed by atoms with E-state index in [-0.39, 0.29) is 43.5 Å². The normalized spacial score (nSPS) is 21.7. The summed E-state index contributed by atoms with van der Waals surface area (Å²) < 4.78 is 5.36. The molecule has 0 aromatic heterocycles. The maximum absolute atomic E-state index is 13.8. The number of amides is 3. The van der Waals surface area contributed by atoms with Crippen molar-refractivity contribution in [2.45, 2.75) is 57.2 Å². The van der Waals surface area contributed by atoms with Gasteiger partial charge in [0.2, 0.25) is 11.8 Å². The van der Waals surface area contributed by atoms with Crippen LogP contribution < -0.4 is 10.6 Å². The molecule has 0 bridgehead atoms. The van der Waals surface area contributed by atoms with Crippen molar-refractivity contribution in [1.82, 2.24) is 10.2 Å². The van der Waals surface area contributed by atoms with Crippen LogP contribution >= 0.6 is 0 Å². The van der Waals surface area contributed by atoms with Gasteiger partial charge in [-0.05, 0) is 42.4 Å². The molecule has 2 aliphatic heterocycles. The fourth-order valence-corrected chi connectivity index (χ4v) is 5.20. The molecule has 186 valence electrons. The molecule has 3 N–H and O–H groups in total. The molecule has 1 saturated heterocycles. The lowest BCUT2D eigenvalue weighted by Crippen LogP contribution is -2.51. The van der Waals surface area contributed by atoms with E-state index in [9.17, 15) is 19.5 Å². The number of likely N-dealkylation sites (tertiary alicyclic amines) is 1. The van der Waals surface area contributed by atoms with Crippen LogP contribution in [0.5, 0.6) is 0 Å². The number of ether oxygens (including phenoxy) is 1. The number of hydrogen-bond acceptors (Lipinski definition) is 5. The van der Waals surface area contributed by atoms with Crippen LogP contribution in [0.3, 0.4) is 0 Å². The summed E-state index contributed by atoms with van der Waals surface area (Å²) in [5.74, 6) is -0.253. The quantitative estimate of drug-likeness (QED) is 0.539. The molecule has 1 spiro atoms. The van der Waals surface area contributed by atoms with Crippen LogP contribution in [-0.2, 0) is 26.3 Å². The summed E-state index contributed by atoms with van der Waals surface area (Å²) in [6.45, 7) is 4.17. The lowest BCUT2D eigenvalue weighted by Gasteiger charge is -2.30. The number of carbonyl (C=O) groups excluding carboxylic acids is 3. The van der Waals surface area contributed by atoms with Crippen molar-refractivity contribution in [3.8, 4) is 0 Å². The Morgan fingerprint density at radius 2 is 1.89 bits per heavy atom. The Morgan fingerprint density at radius 1 is 1.17 bits per heavy atom. The fraction of sp³-hybridized carbons (Fsp3) is 0.444. The van der Waals surface area contributed by atoms with Crippen molar-refractivity contribution < 1.29 is 24.2 Å². The Labute approximate surface area is 205 Å².